The van der Waals surface area contributed by atoms with Crippen LogP contribution in [0.25, 0.3) is 11.0 Å². The minimum absolute atomic E-state index is 0.0476. The molecule has 2 amide bonds. The molecule has 1 aliphatic carbocycles. The molecule has 0 radical (unpaired) electrons. The summed E-state index contributed by atoms with van der Waals surface area (Å²) >= 11 is 3.18. The van der Waals surface area contributed by atoms with Crippen LogP contribution in [0.4, 0.5) is 5.13 Å². The van der Waals surface area contributed by atoms with Crippen molar-refractivity contribution in [2.45, 2.75) is 51.0 Å². The Bertz CT molecular complexity index is 1260. The number of aromatic amines is 1. The molecule has 4 aromatic heterocycles. The van der Waals surface area contributed by atoms with Crippen molar-refractivity contribution in [3.63, 3.8) is 0 Å². The Morgan fingerprint density at radius 3 is 2.91 bits per heavy atom. The van der Waals surface area contributed by atoms with Gasteiger partial charge in [0.1, 0.15) is 5.65 Å². The largest absolute Gasteiger partial charge is 0.353 e. The molecule has 1 atom stereocenters. The molecule has 33 heavy (non-hydrogen) atoms. The minimum atomic E-state index is -0.0476. The molecule has 1 unspecified atom stereocenters. The number of nitrogens with zero attached hydrogens (tertiary/aromatic N) is 2. The van der Waals surface area contributed by atoms with Gasteiger partial charge >= 0.3 is 0 Å². The Labute approximate surface area is 199 Å². The molecular formula is C24H25N5O2S2. The highest BCUT2D eigenvalue weighted by Crippen LogP contribution is 2.30. The molecule has 4 aromatic rings. The topological polar surface area (TPSA) is 99.8 Å². The molecule has 5 rings (SSSR count). The Hall–Kier alpha value is -3.04. The van der Waals surface area contributed by atoms with E-state index in [4.69, 9.17) is 0 Å². The van der Waals surface area contributed by atoms with E-state index in [1.165, 1.54) is 16.9 Å². The van der Waals surface area contributed by atoms with Crippen LogP contribution in [-0.2, 0) is 35.3 Å². The number of anilines is 1. The number of rotatable bonds is 8. The number of carbonyl (C=O) groups is 2. The highest BCUT2D eigenvalue weighted by Gasteiger charge is 2.24. The number of hydrogen-bond donors (Lipinski definition) is 3. The fourth-order valence-electron chi connectivity index (χ4n) is 4.11. The first-order valence-electron chi connectivity index (χ1n) is 11.1. The average Bonchev–Trinajstić information content (AvgIpc) is 3.56. The lowest BCUT2D eigenvalue weighted by atomic mass is 9.97. The van der Waals surface area contributed by atoms with E-state index in [0.29, 0.717) is 24.4 Å². The maximum Gasteiger partial charge on any atom is 0.226 e. The number of thiophene rings is 1. The summed E-state index contributed by atoms with van der Waals surface area (Å²) in [6.07, 6.45) is 8.44. The van der Waals surface area contributed by atoms with Gasteiger partial charge in [0.05, 0.1) is 5.69 Å². The molecule has 0 saturated carbocycles. The van der Waals surface area contributed by atoms with Crippen molar-refractivity contribution in [2.24, 2.45) is 0 Å². The van der Waals surface area contributed by atoms with Gasteiger partial charge in [0.2, 0.25) is 11.8 Å². The van der Waals surface area contributed by atoms with Gasteiger partial charge in [0.25, 0.3) is 0 Å². The number of H-pyrrole nitrogens is 1. The Balaban J connectivity index is 1.10. The van der Waals surface area contributed by atoms with Crippen molar-refractivity contribution >= 4 is 50.7 Å². The van der Waals surface area contributed by atoms with Crippen molar-refractivity contribution in [3.05, 3.63) is 63.1 Å². The van der Waals surface area contributed by atoms with Crippen LogP contribution in [0.2, 0.25) is 0 Å². The summed E-state index contributed by atoms with van der Waals surface area (Å²) in [7, 11) is 0. The van der Waals surface area contributed by atoms with E-state index in [-0.39, 0.29) is 17.9 Å². The van der Waals surface area contributed by atoms with E-state index >= 15 is 0 Å². The first-order chi connectivity index (χ1) is 16.1. The lowest BCUT2D eigenvalue weighted by Gasteiger charge is -2.22. The second kappa shape index (κ2) is 9.84. The first kappa shape index (κ1) is 21.8. The molecule has 9 heteroatoms. The van der Waals surface area contributed by atoms with Crippen LogP contribution in [0, 0.1) is 0 Å². The van der Waals surface area contributed by atoms with E-state index in [2.05, 4.69) is 43.1 Å². The third-order valence-electron chi connectivity index (χ3n) is 5.87. The zero-order valence-corrected chi connectivity index (χ0v) is 19.7. The molecule has 0 aromatic carbocycles. The summed E-state index contributed by atoms with van der Waals surface area (Å²) in [5, 5.41) is 11.9. The Morgan fingerprint density at radius 2 is 2.03 bits per heavy atom. The number of amides is 2. The summed E-state index contributed by atoms with van der Waals surface area (Å²) < 4.78 is 0. The van der Waals surface area contributed by atoms with E-state index < -0.39 is 0 Å². The normalized spacial score (nSPS) is 15.3. The van der Waals surface area contributed by atoms with Crippen LogP contribution < -0.4 is 10.6 Å². The lowest BCUT2D eigenvalue weighted by Crippen LogP contribution is -2.38. The second-order valence-corrected chi connectivity index (χ2v) is 10.2. The van der Waals surface area contributed by atoms with Gasteiger partial charge < -0.3 is 15.6 Å². The summed E-state index contributed by atoms with van der Waals surface area (Å²) in [4.78, 5) is 38.0. The first-order valence-corrected chi connectivity index (χ1v) is 12.9. The molecule has 170 valence electrons. The van der Waals surface area contributed by atoms with Crippen LogP contribution >= 0.6 is 22.7 Å². The number of pyridine rings is 1. The summed E-state index contributed by atoms with van der Waals surface area (Å²) in [5.41, 5.74) is 4.15. The highest BCUT2D eigenvalue weighted by molar-refractivity contribution is 7.15. The lowest BCUT2D eigenvalue weighted by molar-refractivity contribution is -0.121. The van der Waals surface area contributed by atoms with Crippen molar-refractivity contribution < 1.29 is 9.59 Å². The molecule has 0 spiro atoms. The van der Waals surface area contributed by atoms with Gasteiger partial charge in [0.15, 0.2) is 5.13 Å². The maximum atomic E-state index is 12.5. The fraction of sp³-hybridized carbons (Fsp3) is 0.333. The van der Waals surface area contributed by atoms with Crippen LogP contribution in [0.1, 0.15) is 41.0 Å². The summed E-state index contributed by atoms with van der Waals surface area (Å²) in [6, 6.07) is 6.23. The van der Waals surface area contributed by atoms with Gasteiger partial charge in [-0.05, 0) is 65.8 Å². The van der Waals surface area contributed by atoms with E-state index in [1.54, 1.807) is 11.3 Å². The monoisotopic (exact) mass is 479 g/mol. The van der Waals surface area contributed by atoms with Gasteiger partial charge in [-0.1, -0.05) is 0 Å². The number of fused-ring (bicyclic) bond motifs is 2. The molecule has 0 aliphatic heterocycles. The Morgan fingerprint density at radius 1 is 1.15 bits per heavy atom. The van der Waals surface area contributed by atoms with Gasteiger partial charge in [-0.15, -0.1) is 11.3 Å². The van der Waals surface area contributed by atoms with Crippen molar-refractivity contribution in [1.29, 1.82) is 0 Å². The smallest absolute Gasteiger partial charge is 0.226 e. The molecular weight excluding hydrogens is 454 g/mol. The SMILES string of the molecule is O=C(CCc1cnc2[nH]ccc2c1)Nc1nc2c(s1)CC(NC(=O)CCc1ccsc1)CC2. The predicted octanol–water partition coefficient (Wildman–Crippen LogP) is 4.26. The zero-order valence-electron chi connectivity index (χ0n) is 18.1. The third-order valence-corrected chi connectivity index (χ3v) is 7.64. The molecule has 0 saturated heterocycles. The third kappa shape index (κ3) is 5.48. The van der Waals surface area contributed by atoms with E-state index in [1.807, 2.05) is 23.8 Å². The molecule has 1 aliphatic rings. The summed E-state index contributed by atoms with van der Waals surface area (Å²) in [6.45, 7) is 0. The predicted molar refractivity (Wildman–Crippen MR) is 132 cm³/mol. The van der Waals surface area contributed by atoms with Crippen LogP contribution in [0.5, 0.6) is 0 Å². The molecule has 7 nitrogen and oxygen atoms in total. The van der Waals surface area contributed by atoms with E-state index in [9.17, 15) is 9.59 Å². The number of aryl methyl sites for hydroxylation is 3. The quantitative estimate of drug-likeness (QED) is 0.352. The zero-order chi connectivity index (χ0) is 22.6. The highest BCUT2D eigenvalue weighted by atomic mass is 32.1. The Kier molecular flexibility index (Phi) is 6.50. The van der Waals surface area contributed by atoms with Gasteiger partial charge in [-0.2, -0.15) is 11.3 Å². The standard InChI is InChI=1S/C24H25N5O2S2/c30-21(5-1-15-8-10-32-14-15)27-18-3-4-19-20(12-18)33-24(28-19)29-22(31)6-2-16-11-17-7-9-25-23(17)26-13-16/h7-11,13-14,18H,1-6,12H2,(H,25,26)(H,27,30)(H,28,29,31). The molecule has 4 heterocycles. The molecule has 0 fully saturated rings. The van der Waals surface area contributed by atoms with Gasteiger partial charge in [-0.3, -0.25) is 9.59 Å². The fourth-order valence-corrected chi connectivity index (χ4v) is 5.91. The summed E-state index contributed by atoms with van der Waals surface area (Å²) in [5.74, 6) is 0.0496. The molecule has 0 bridgehead atoms. The number of carbonyl (C=O) groups excluding carboxylic acids is 2. The maximum absolute atomic E-state index is 12.5. The van der Waals surface area contributed by atoms with Crippen LogP contribution in [-0.4, -0.2) is 32.8 Å². The minimum Gasteiger partial charge on any atom is -0.353 e. The van der Waals surface area contributed by atoms with Gasteiger partial charge in [-0.25, -0.2) is 9.97 Å². The average molecular weight is 480 g/mol. The van der Waals surface area contributed by atoms with Crippen LogP contribution in [0.15, 0.2) is 41.4 Å². The number of thiazole rings is 1. The second-order valence-electron chi connectivity index (χ2n) is 8.33. The molecule has 3 N–H and O–H groups in total. The number of aromatic nitrogens is 3. The number of nitrogens with one attached hydrogen (secondary N) is 3. The van der Waals surface area contributed by atoms with Crippen LogP contribution in [0.3, 0.4) is 0 Å². The number of hydrogen-bond acceptors (Lipinski definition) is 6. The van der Waals surface area contributed by atoms with E-state index in [0.717, 1.165) is 52.9 Å². The van der Waals surface area contributed by atoms with Crippen molar-refractivity contribution in [1.82, 2.24) is 20.3 Å². The van der Waals surface area contributed by atoms with Crippen molar-refractivity contribution in [3.8, 4) is 0 Å². The van der Waals surface area contributed by atoms with Crippen molar-refractivity contribution in [2.75, 3.05) is 5.32 Å². The van der Waals surface area contributed by atoms with Gasteiger partial charge in [0, 0.05) is 48.0 Å².